The molecule has 2 aromatic carbocycles. The van der Waals surface area contributed by atoms with Gasteiger partial charge in [0.15, 0.2) is 46.5 Å². The molecule has 0 aliphatic rings. The Hall–Kier alpha value is -2.83. The van der Waals surface area contributed by atoms with Crippen molar-refractivity contribution in [2.45, 2.75) is 5.60 Å². The van der Waals surface area contributed by atoms with Gasteiger partial charge in [0.2, 0.25) is 17.2 Å². The molecule has 2 rings (SSSR count). The van der Waals surface area contributed by atoms with Gasteiger partial charge < -0.3 is 9.47 Å². The lowest BCUT2D eigenvalue weighted by Gasteiger charge is -2.31. The molecule has 0 aliphatic heterocycles. The SMILES string of the molecule is COC(=O)C(OC)(c1c(F)c(F)c(F)c(F)c1F)c1c(F)c(F)c(F)c(F)c1F. The summed E-state index contributed by atoms with van der Waals surface area (Å²) in [6, 6.07) is 0. The maximum Gasteiger partial charge on any atom is 0.348 e. The first kappa shape index (κ1) is 22.5. The number of benzene rings is 2. The van der Waals surface area contributed by atoms with Crippen molar-refractivity contribution in [1.82, 2.24) is 0 Å². The molecular weight excluding hydrogens is 430 g/mol. The summed E-state index contributed by atoms with van der Waals surface area (Å²) in [5, 5.41) is 0. The number of methoxy groups -OCH3 is 2. The second-order valence-corrected chi connectivity index (χ2v) is 5.27. The fourth-order valence-corrected chi connectivity index (χ4v) is 2.59. The van der Waals surface area contributed by atoms with Gasteiger partial charge in [-0.15, -0.1) is 0 Å². The Balaban J connectivity index is 3.22. The van der Waals surface area contributed by atoms with E-state index in [4.69, 9.17) is 0 Å². The first-order valence-corrected chi connectivity index (χ1v) is 7.07. The lowest BCUT2D eigenvalue weighted by Crippen LogP contribution is -2.44. The van der Waals surface area contributed by atoms with E-state index in [1.165, 1.54) is 0 Å². The molecule has 0 bridgehead atoms. The molecule has 0 heterocycles. The normalized spacial score (nSPS) is 11.7. The summed E-state index contributed by atoms with van der Waals surface area (Å²) < 4.78 is 147. The van der Waals surface area contributed by atoms with Crippen LogP contribution in [0.1, 0.15) is 11.1 Å². The summed E-state index contributed by atoms with van der Waals surface area (Å²) in [6.45, 7) is 0. The van der Waals surface area contributed by atoms with E-state index < -0.39 is 80.9 Å². The van der Waals surface area contributed by atoms with Crippen LogP contribution in [-0.2, 0) is 19.9 Å². The third kappa shape index (κ3) is 2.91. The highest BCUT2D eigenvalue weighted by atomic mass is 19.2. The van der Waals surface area contributed by atoms with E-state index in [1.807, 2.05) is 0 Å². The van der Waals surface area contributed by atoms with Crippen LogP contribution in [0, 0.1) is 58.2 Å². The number of halogens is 10. The summed E-state index contributed by atoms with van der Waals surface area (Å²) in [4.78, 5) is 12.2. The number of carbonyl (C=O) groups excluding carboxylic acids is 1. The highest BCUT2D eigenvalue weighted by Crippen LogP contribution is 2.43. The molecule has 3 nitrogen and oxygen atoms in total. The zero-order valence-corrected chi connectivity index (χ0v) is 14.0. The van der Waals surface area contributed by atoms with Crippen LogP contribution >= 0.6 is 0 Å². The van der Waals surface area contributed by atoms with Gasteiger partial charge in [0.25, 0.3) is 0 Å². The minimum absolute atomic E-state index is 0.271. The largest absolute Gasteiger partial charge is 0.466 e. The van der Waals surface area contributed by atoms with Gasteiger partial charge in [-0.05, 0) is 0 Å². The number of hydrogen-bond donors (Lipinski definition) is 0. The lowest BCUT2D eigenvalue weighted by molar-refractivity contribution is -0.163. The molecule has 0 radical (unpaired) electrons. The summed E-state index contributed by atoms with van der Waals surface area (Å²) in [5.74, 6) is -29.8. The molecule has 0 saturated heterocycles. The first-order valence-electron chi connectivity index (χ1n) is 7.07. The molecule has 0 amide bonds. The number of hydrogen-bond acceptors (Lipinski definition) is 3. The van der Waals surface area contributed by atoms with Crippen LogP contribution in [0.2, 0.25) is 0 Å². The van der Waals surface area contributed by atoms with Crippen molar-refractivity contribution in [2.75, 3.05) is 14.2 Å². The number of esters is 1. The van der Waals surface area contributed by atoms with Gasteiger partial charge in [-0.1, -0.05) is 0 Å². The van der Waals surface area contributed by atoms with Gasteiger partial charge in [-0.25, -0.2) is 48.7 Å². The van der Waals surface area contributed by atoms with Gasteiger partial charge in [0.1, 0.15) is 0 Å². The molecule has 29 heavy (non-hydrogen) atoms. The van der Waals surface area contributed by atoms with E-state index in [-0.39, 0.29) is 7.11 Å². The number of ether oxygens (including phenoxy) is 2. The van der Waals surface area contributed by atoms with Crippen molar-refractivity contribution < 1.29 is 58.2 Å². The molecular formula is C16H6F10O3. The molecule has 0 aromatic heterocycles. The summed E-state index contributed by atoms with van der Waals surface area (Å²) in [5.41, 5.74) is -8.82. The Morgan fingerprint density at radius 1 is 0.552 bits per heavy atom. The number of carbonyl (C=O) groups is 1. The Morgan fingerprint density at radius 2 is 0.793 bits per heavy atom. The van der Waals surface area contributed by atoms with Crippen LogP contribution < -0.4 is 0 Å². The van der Waals surface area contributed by atoms with E-state index in [1.54, 1.807) is 0 Å². The third-order valence-electron chi connectivity index (χ3n) is 3.90. The second-order valence-electron chi connectivity index (χ2n) is 5.27. The predicted octanol–water partition coefficient (Wildman–Crippen LogP) is 4.14. The van der Waals surface area contributed by atoms with E-state index in [0.717, 1.165) is 0 Å². The van der Waals surface area contributed by atoms with Crippen LogP contribution in [0.4, 0.5) is 43.9 Å². The van der Waals surface area contributed by atoms with Crippen LogP contribution in [0.15, 0.2) is 0 Å². The van der Waals surface area contributed by atoms with Crippen molar-refractivity contribution in [2.24, 2.45) is 0 Å². The zero-order valence-electron chi connectivity index (χ0n) is 14.0. The zero-order chi connectivity index (χ0) is 22.4. The van der Waals surface area contributed by atoms with Gasteiger partial charge in [-0.3, -0.25) is 0 Å². The highest BCUT2D eigenvalue weighted by molar-refractivity contribution is 5.86. The van der Waals surface area contributed by atoms with Gasteiger partial charge in [-0.2, -0.15) is 0 Å². The molecule has 13 heteroatoms. The van der Waals surface area contributed by atoms with Gasteiger partial charge in [0.05, 0.1) is 18.2 Å². The highest BCUT2D eigenvalue weighted by Gasteiger charge is 2.55. The summed E-state index contributed by atoms with van der Waals surface area (Å²) in [7, 11) is 0.696. The molecule has 0 N–H and O–H groups in total. The van der Waals surface area contributed by atoms with Crippen LogP contribution in [-0.4, -0.2) is 20.2 Å². The van der Waals surface area contributed by atoms with Crippen molar-refractivity contribution in [3.8, 4) is 0 Å². The van der Waals surface area contributed by atoms with Gasteiger partial charge >= 0.3 is 5.97 Å². The molecule has 0 fully saturated rings. The van der Waals surface area contributed by atoms with Gasteiger partial charge in [0, 0.05) is 7.11 Å². The molecule has 2 aromatic rings. The van der Waals surface area contributed by atoms with Crippen molar-refractivity contribution >= 4 is 5.97 Å². The van der Waals surface area contributed by atoms with E-state index >= 15 is 0 Å². The third-order valence-corrected chi connectivity index (χ3v) is 3.90. The molecule has 0 saturated carbocycles. The van der Waals surface area contributed by atoms with E-state index in [2.05, 4.69) is 9.47 Å². The lowest BCUT2D eigenvalue weighted by atomic mass is 9.83. The Kier molecular flexibility index (Phi) is 5.84. The smallest absolute Gasteiger partial charge is 0.348 e. The molecule has 0 unspecified atom stereocenters. The minimum Gasteiger partial charge on any atom is -0.466 e. The fourth-order valence-electron chi connectivity index (χ4n) is 2.59. The quantitative estimate of drug-likeness (QED) is 0.313. The van der Waals surface area contributed by atoms with E-state index in [0.29, 0.717) is 7.11 Å². The first-order chi connectivity index (χ1) is 13.4. The maximum absolute atomic E-state index is 14.3. The monoisotopic (exact) mass is 436 g/mol. The van der Waals surface area contributed by atoms with Crippen LogP contribution in [0.3, 0.4) is 0 Å². The molecule has 0 atom stereocenters. The maximum atomic E-state index is 14.3. The topological polar surface area (TPSA) is 35.5 Å². The minimum atomic E-state index is -4.11. The molecule has 158 valence electrons. The Labute approximate surface area is 154 Å². The summed E-state index contributed by atoms with van der Waals surface area (Å²) >= 11 is 0. The van der Waals surface area contributed by atoms with E-state index in [9.17, 15) is 48.7 Å². The van der Waals surface area contributed by atoms with Crippen molar-refractivity contribution in [3.05, 3.63) is 69.3 Å². The van der Waals surface area contributed by atoms with Crippen molar-refractivity contribution in [3.63, 3.8) is 0 Å². The van der Waals surface area contributed by atoms with Crippen molar-refractivity contribution in [1.29, 1.82) is 0 Å². The standard InChI is InChI=1S/C16H6F10O3/c1-28-15(27)16(29-2,3-5(17)9(21)13(25)10(22)6(3)18)4-7(19)11(23)14(26)12(24)8(4)20/h1-2H3. The Bertz CT molecular complexity index is 893. The van der Waals surface area contributed by atoms with Crippen LogP contribution in [0.5, 0.6) is 0 Å². The molecule has 0 aliphatic carbocycles. The average molecular weight is 436 g/mol. The Morgan fingerprint density at radius 3 is 1.00 bits per heavy atom. The predicted molar refractivity (Wildman–Crippen MR) is 72.3 cm³/mol. The summed E-state index contributed by atoms with van der Waals surface area (Å²) in [6.07, 6.45) is 0. The fraction of sp³-hybridized carbons (Fsp3) is 0.188. The number of rotatable bonds is 4. The van der Waals surface area contributed by atoms with Crippen LogP contribution in [0.25, 0.3) is 0 Å². The average Bonchev–Trinajstić information content (AvgIpc) is 2.71. The molecule has 0 spiro atoms. The second kappa shape index (κ2) is 7.54.